The summed E-state index contributed by atoms with van der Waals surface area (Å²) in [7, 11) is 4.05. The topological polar surface area (TPSA) is 65.0 Å². The van der Waals surface area contributed by atoms with Gasteiger partial charge in [-0.15, -0.1) is 0 Å². The SMILES string of the molecule is CCC(C)(C)NCC(O)COc1ccccc1C(O)CCc1cccc(N(C)C)c1. The molecular formula is C25H38N2O3. The highest BCUT2D eigenvalue weighted by molar-refractivity contribution is 5.47. The molecule has 2 unspecified atom stereocenters. The number of hydrogen-bond donors (Lipinski definition) is 3. The second-order valence-electron chi connectivity index (χ2n) is 8.74. The number of nitrogens with zero attached hydrogens (tertiary/aromatic N) is 1. The molecule has 30 heavy (non-hydrogen) atoms. The van der Waals surface area contributed by atoms with Gasteiger partial charge in [-0.1, -0.05) is 37.3 Å². The Kier molecular flexibility index (Phi) is 9.15. The van der Waals surface area contributed by atoms with Crippen molar-refractivity contribution in [3.8, 4) is 5.75 Å². The number of β-amino-alcohol motifs (C(OH)–C–C–N with tert-alkyl or cyclic N) is 1. The number of ether oxygens (including phenoxy) is 1. The maximum atomic E-state index is 10.8. The number of nitrogens with one attached hydrogen (secondary N) is 1. The van der Waals surface area contributed by atoms with E-state index < -0.39 is 12.2 Å². The summed E-state index contributed by atoms with van der Waals surface area (Å²) in [5, 5.41) is 24.4. The molecule has 2 rings (SSSR count). The normalized spacial score (nSPS) is 13.7. The summed E-state index contributed by atoms with van der Waals surface area (Å²) < 4.78 is 5.86. The lowest BCUT2D eigenvalue weighted by Crippen LogP contribution is -2.44. The average Bonchev–Trinajstić information content (AvgIpc) is 2.75. The quantitative estimate of drug-likeness (QED) is 0.491. The Bertz CT molecular complexity index is 776. The number of hydrogen-bond acceptors (Lipinski definition) is 5. The summed E-state index contributed by atoms with van der Waals surface area (Å²) >= 11 is 0. The first kappa shape index (κ1) is 24.2. The van der Waals surface area contributed by atoms with Crippen LogP contribution in [0.4, 0.5) is 5.69 Å². The summed E-state index contributed by atoms with van der Waals surface area (Å²) in [6.07, 6.45) is 1.11. The number of para-hydroxylation sites is 1. The van der Waals surface area contributed by atoms with Gasteiger partial charge in [0.2, 0.25) is 0 Å². The maximum absolute atomic E-state index is 10.8. The van der Waals surface area contributed by atoms with E-state index in [1.807, 2.05) is 44.4 Å². The second-order valence-corrected chi connectivity index (χ2v) is 8.74. The molecule has 0 radical (unpaired) electrons. The lowest BCUT2D eigenvalue weighted by Gasteiger charge is -2.26. The fourth-order valence-corrected chi connectivity index (χ4v) is 3.10. The van der Waals surface area contributed by atoms with Crippen molar-refractivity contribution in [1.29, 1.82) is 0 Å². The molecule has 0 aromatic heterocycles. The van der Waals surface area contributed by atoms with Crippen molar-refractivity contribution >= 4 is 5.69 Å². The molecule has 0 aliphatic carbocycles. The Balaban J connectivity index is 1.93. The Morgan fingerprint density at radius 3 is 2.50 bits per heavy atom. The van der Waals surface area contributed by atoms with Gasteiger partial charge in [0.15, 0.2) is 0 Å². The van der Waals surface area contributed by atoms with Gasteiger partial charge in [0.05, 0.1) is 6.10 Å². The monoisotopic (exact) mass is 414 g/mol. The van der Waals surface area contributed by atoms with Crippen LogP contribution in [0.2, 0.25) is 0 Å². The molecule has 3 N–H and O–H groups in total. The summed E-state index contributed by atoms with van der Waals surface area (Å²) in [5.74, 6) is 0.626. The Hall–Kier alpha value is -2.08. The minimum Gasteiger partial charge on any atom is -0.490 e. The van der Waals surface area contributed by atoms with Crippen molar-refractivity contribution in [2.24, 2.45) is 0 Å². The van der Waals surface area contributed by atoms with Gasteiger partial charge in [-0.3, -0.25) is 0 Å². The van der Waals surface area contributed by atoms with E-state index in [1.54, 1.807) is 0 Å². The predicted molar refractivity (Wildman–Crippen MR) is 124 cm³/mol. The van der Waals surface area contributed by atoms with Gasteiger partial charge in [0.1, 0.15) is 18.5 Å². The summed E-state index contributed by atoms with van der Waals surface area (Å²) in [5.41, 5.74) is 3.09. The third-order valence-electron chi connectivity index (χ3n) is 5.54. The van der Waals surface area contributed by atoms with E-state index in [0.29, 0.717) is 18.7 Å². The second kappa shape index (κ2) is 11.3. The molecule has 0 saturated carbocycles. The van der Waals surface area contributed by atoms with Crippen LogP contribution in [0, 0.1) is 0 Å². The van der Waals surface area contributed by atoms with Crippen molar-refractivity contribution < 1.29 is 14.9 Å². The molecule has 2 atom stereocenters. The largest absolute Gasteiger partial charge is 0.490 e. The fourth-order valence-electron chi connectivity index (χ4n) is 3.10. The highest BCUT2D eigenvalue weighted by Crippen LogP contribution is 2.28. The van der Waals surface area contributed by atoms with E-state index in [0.717, 1.165) is 24.1 Å². The van der Waals surface area contributed by atoms with Crippen molar-refractivity contribution in [2.45, 2.75) is 57.8 Å². The van der Waals surface area contributed by atoms with Gasteiger partial charge in [0.25, 0.3) is 0 Å². The molecule has 5 heteroatoms. The molecule has 0 amide bonds. The Labute approximate surface area is 181 Å². The molecule has 0 heterocycles. The van der Waals surface area contributed by atoms with Gasteiger partial charge < -0.3 is 25.2 Å². The average molecular weight is 415 g/mol. The summed E-state index contributed by atoms with van der Waals surface area (Å²) in [6.45, 7) is 6.99. The minimum atomic E-state index is -0.626. The zero-order valence-corrected chi connectivity index (χ0v) is 19.1. The maximum Gasteiger partial charge on any atom is 0.125 e. The lowest BCUT2D eigenvalue weighted by atomic mass is 10.00. The van der Waals surface area contributed by atoms with Crippen LogP contribution < -0.4 is 15.0 Å². The number of aryl methyl sites for hydroxylation is 1. The molecule has 2 aromatic carbocycles. The third kappa shape index (κ3) is 7.63. The smallest absolute Gasteiger partial charge is 0.125 e. The number of benzene rings is 2. The minimum absolute atomic E-state index is 0.0149. The van der Waals surface area contributed by atoms with Crippen molar-refractivity contribution in [2.75, 3.05) is 32.1 Å². The van der Waals surface area contributed by atoms with Gasteiger partial charge in [0, 0.05) is 37.4 Å². The zero-order valence-electron chi connectivity index (χ0n) is 19.1. The van der Waals surface area contributed by atoms with E-state index in [1.165, 1.54) is 5.56 Å². The third-order valence-corrected chi connectivity index (χ3v) is 5.54. The molecular weight excluding hydrogens is 376 g/mol. The van der Waals surface area contributed by atoms with Crippen molar-refractivity contribution in [3.05, 3.63) is 59.7 Å². The van der Waals surface area contributed by atoms with Crippen LogP contribution in [0.15, 0.2) is 48.5 Å². The molecule has 0 spiro atoms. The summed E-state index contributed by atoms with van der Waals surface area (Å²) in [6, 6.07) is 15.9. The van der Waals surface area contributed by atoms with Gasteiger partial charge >= 0.3 is 0 Å². The first-order valence-corrected chi connectivity index (χ1v) is 10.8. The van der Waals surface area contributed by atoms with E-state index in [4.69, 9.17) is 4.74 Å². The van der Waals surface area contributed by atoms with E-state index >= 15 is 0 Å². The van der Waals surface area contributed by atoms with E-state index in [9.17, 15) is 10.2 Å². The molecule has 5 nitrogen and oxygen atoms in total. The molecule has 0 aliphatic heterocycles. The molecule has 0 bridgehead atoms. The highest BCUT2D eigenvalue weighted by atomic mass is 16.5. The van der Waals surface area contributed by atoms with Crippen LogP contribution in [-0.4, -0.2) is 49.1 Å². The fraction of sp³-hybridized carbons (Fsp3) is 0.520. The standard InChI is InChI=1S/C25H38N2O3/c1-6-25(2,3)26-17-21(28)18-30-24-13-8-7-12-22(24)23(29)15-14-19-10-9-11-20(16-19)27(4)5/h7-13,16,21,23,26,28-29H,6,14-15,17-18H2,1-5H3. The van der Waals surface area contributed by atoms with Crippen LogP contribution >= 0.6 is 0 Å². The molecule has 0 saturated heterocycles. The molecule has 0 fully saturated rings. The van der Waals surface area contributed by atoms with Crippen LogP contribution in [-0.2, 0) is 6.42 Å². The molecule has 0 aliphatic rings. The van der Waals surface area contributed by atoms with Crippen molar-refractivity contribution in [3.63, 3.8) is 0 Å². The van der Waals surface area contributed by atoms with E-state index in [-0.39, 0.29) is 12.1 Å². The zero-order chi connectivity index (χ0) is 22.1. The van der Waals surface area contributed by atoms with Gasteiger partial charge in [-0.2, -0.15) is 0 Å². The van der Waals surface area contributed by atoms with E-state index in [2.05, 4.69) is 49.2 Å². The lowest BCUT2D eigenvalue weighted by molar-refractivity contribution is 0.0947. The Morgan fingerprint density at radius 1 is 1.07 bits per heavy atom. The number of aliphatic hydroxyl groups excluding tert-OH is 2. The highest BCUT2D eigenvalue weighted by Gasteiger charge is 2.18. The van der Waals surface area contributed by atoms with Crippen LogP contribution in [0.3, 0.4) is 0 Å². The number of anilines is 1. The summed E-state index contributed by atoms with van der Waals surface area (Å²) in [4.78, 5) is 2.07. The van der Waals surface area contributed by atoms with Crippen LogP contribution in [0.5, 0.6) is 5.75 Å². The Morgan fingerprint density at radius 2 is 1.80 bits per heavy atom. The molecule has 2 aromatic rings. The first-order chi connectivity index (χ1) is 14.2. The van der Waals surface area contributed by atoms with Crippen molar-refractivity contribution in [1.82, 2.24) is 5.32 Å². The number of rotatable bonds is 12. The molecule has 166 valence electrons. The van der Waals surface area contributed by atoms with Crippen LogP contribution in [0.25, 0.3) is 0 Å². The number of aliphatic hydroxyl groups is 2. The predicted octanol–water partition coefficient (Wildman–Crippen LogP) is 3.94. The van der Waals surface area contributed by atoms with Crippen LogP contribution in [0.1, 0.15) is 50.8 Å². The van der Waals surface area contributed by atoms with Gasteiger partial charge in [-0.05, 0) is 56.9 Å². The van der Waals surface area contributed by atoms with Gasteiger partial charge in [-0.25, -0.2) is 0 Å². The first-order valence-electron chi connectivity index (χ1n) is 10.8.